The van der Waals surface area contributed by atoms with E-state index in [2.05, 4.69) is 10.2 Å². The Kier molecular flexibility index (Phi) is 2.94. The van der Waals surface area contributed by atoms with Gasteiger partial charge in [0.2, 0.25) is 0 Å². The first-order valence-electron chi connectivity index (χ1n) is 6.05. The highest BCUT2D eigenvalue weighted by Crippen LogP contribution is 2.20. The van der Waals surface area contributed by atoms with E-state index in [9.17, 15) is 4.79 Å². The van der Waals surface area contributed by atoms with Crippen LogP contribution in [0.25, 0.3) is 22.4 Å². The smallest absolute Gasteiger partial charge is 0.267 e. The summed E-state index contributed by atoms with van der Waals surface area (Å²) in [6.07, 6.45) is 0. The zero-order chi connectivity index (χ0) is 13.1. The van der Waals surface area contributed by atoms with Gasteiger partial charge in [0.15, 0.2) is 0 Å². The van der Waals surface area contributed by atoms with Crippen LogP contribution in [0.4, 0.5) is 0 Å². The third-order valence-corrected chi connectivity index (χ3v) is 2.96. The van der Waals surface area contributed by atoms with E-state index in [-0.39, 0.29) is 5.56 Å². The van der Waals surface area contributed by atoms with Crippen molar-refractivity contribution in [3.05, 3.63) is 77.1 Å². The lowest BCUT2D eigenvalue weighted by Gasteiger charge is -2.04. The van der Waals surface area contributed by atoms with Gasteiger partial charge in [0.05, 0.1) is 11.3 Å². The van der Waals surface area contributed by atoms with Crippen LogP contribution in [0.1, 0.15) is 0 Å². The van der Waals surface area contributed by atoms with Gasteiger partial charge in [0.25, 0.3) is 5.56 Å². The summed E-state index contributed by atoms with van der Waals surface area (Å²) in [5.41, 5.74) is 3.10. The van der Waals surface area contributed by atoms with Gasteiger partial charge in [0.1, 0.15) is 0 Å². The molecule has 3 rings (SSSR count). The molecule has 0 amide bonds. The molecule has 0 aliphatic carbocycles. The molecular formula is C16H12N2O. The molecule has 0 fully saturated rings. The van der Waals surface area contributed by atoms with E-state index in [1.54, 1.807) is 0 Å². The van der Waals surface area contributed by atoms with Gasteiger partial charge >= 0.3 is 0 Å². The van der Waals surface area contributed by atoms with E-state index in [1.165, 1.54) is 0 Å². The van der Waals surface area contributed by atoms with Crippen LogP contribution in [0.3, 0.4) is 0 Å². The Hall–Kier alpha value is -2.68. The van der Waals surface area contributed by atoms with Crippen LogP contribution in [-0.4, -0.2) is 10.2 Å². The average Bonchev–Trinajstić information content (AvgIpc) is 2.49. The zero-order valence-electron chi connectivity index (χ0n) is 10.2. The van der Waals surface area contributed by atoms with E-state index < -0.39 is 0 Å². The van der Waals surface area contributed by atoms with Crippen molar-refractivity contribution in [3.63, 3.8) is 0 Å². The maximum Gasteiger partial charge on any atom is 0.272 e. The van der Waals surface area contributed by atoms with E-state index in [0.717, 1.165) is 16.8 Å². The predicted octanol–water partition coefficient (Wildman–Crippen LogP) is 3.10. The third-order valence-electron chi connectivity index (χ3n) is 2.96. The molecule has 0 radical (unpaired) electrons. The lowest BCUT2D eigenvalue weighted by Crippen LogP contribution is -2.11. The lowest BCUT2D eigenvalue weighted by molar-refractivity contribution is 0.998. The maximum atomic E-state index is 11.9. The largest absolute Gasteiger partial charge is 0.272 e. The van der Waals surface area contributed by atoms with Crippen LogP contribution in [0.5, 0.6) is 0 Å². The van der Waals surface area contributed by atoms with Crippen molar-refractivity contribution in [2.45, 2.75) is 0 Å². The molecule has 0 aliphatic rings. The summed E-state index contributed by atoms with van der Waals surface area (Å²) >= 11 is 0. The van der Waals surface area contributed by atoms with Crippen LogP contribution < -0.4 is 5.56 Å². The van der Waals surface area contributed by atoms with E-state index in [1.807, 2.05) is 66.7 Å². The number of H-pyrrole nitrogens is 1. The Bertz CT molecular complexity index is 733. The SMILES string of the molecule is O=c1[nH]nc(-c2ccccc2)cc1-c1ccccc1. The first kappa shape index (κ1) is 11.4. The van der Waals surface area contributed by atoms with Gasteiger partial charge in [-0.15, -0.1) is 0 Å². The van der Waals surface area contributed by atoms with Crippen molar-refractivity contribution in [1.29, 1.82) is 0 Å². The van der Waals surface area contributed by atoms with E-state index >= 15 is 0 Å². The average molecular weight is 248 g/mol. The molecular weight excluding hydrogens is 236 g/mol. The van der Waals surface area contributed by atoms with Crippen molar-refractivity contribution in [1.82, 2.24) is 10.2 Å². The number of aromatic amines is 1. The second-order valence-electron chi connectivity index (χ2n) is 4.23. The van der Waals surface area contributed by atoms with Gasteiger partial charge in [-0.3, -0.25) is 4.79 Å². The molecule has 92 valence electrons. The van der Waals surface area contributed by atoms with Gasteiger partial charge in [-0.05, 0) is 11.6 Å². The van der Waals surface area contributed by atoms with Crippen molar-refractivity contribution in [3.8, 4) is 22.4 Å². The first-order valence-corrected chi connectivity index (χ1v) is 6.05. The number of aromatic nitrogens is 2. The molecule has 0 aliphatic heterocycles. The van der Waals surface area contributed by atoms with Crippen LogP contribution in [0, 0.1) is 0 Å². The number of nitrogens with one attached hydrogen (secondary N) is 1. The van der Waals surface area contributed by atoms with Crippen LogP contribution in [-0.2, 0) is 0 Å². The molecule has 0 saturated carbocycles. The molecule has 1 heterocycles. The molecule has 1 aromatic heterocycles. The fourth-order valence-corrected chi connectivity index (χ4v) is 1.99. The third kappa shape index (κ3) is 2.31. The number of nitrogens with zero attached hydrogens (tertiary/aromatic N) is 1. The quantitative estimate of drug-likeness (QED) is 0.757. The Morgan fingerprint density at radius 1 is 0.789 bits per heavy atom. The standard InChI is InChI=1S/C16H12N2O/c19-16-14(12-7-3-1-4-8-12)11-15(17-18-16)13-9-5-2-6-10-13/h1-11H,(H,18,19). The number of rotatable bonds is 2. The van der Waals surface area contributed by atoms with Gasteiger partial charge in [-0.1, -0.05) is 60.7 Å². The summed E-state index contributed by atoms with van der Waals surface area (Å²) in [5.74, 6) is 0. The van der Waals surface area contributed by atoms with Gasteiger partial charge in [-0.2, -0.15) is 5.10 Å². The minimum absolute atomic E-state index is 0.175. The maximum absolute atomic E-state index is 11.9. The molecule has 2 aromatic carbocycles. The topological polar surface area (TPSA) is 45.8 Å². The monoisotopic (exact) mass is 248 g/mol. The summed E-state index contributed by atoms with van der Waals surface area (Å²) in [5, 5.41) is 6.66. The molecule has 0 atom stereocenters. The van der Waals surface area contributed by atoms with Gasteiger partial charge in [0, 0.05) is 5.56 Å². The highest BCUT2D eigenvalue weighted by atomic mass is 16.1. The van der Waals surface area contributed by atoms with E-state index in [4.69, 9.17) is 0 Å². The van der Waals surface area contributed by atoms with Gasteiger partial charge in [-0.25, -0.2) is 5.10 Å². The summed E-state index contributed by atoms with van der Waals surface area (Å²) in [4.78, 5) is 11.9. The first-order chi connectivity index (χ1) is 9.34. The Morgan fingerprint density at radius 2 is 1.37 bits per heavy atom. The predicted molar refractivity (Wildman–Crippen MR) is 75.7 cm³/mol. The minimum Gasteiger partial charge on any atom is -0.267 e. The Balaban J connectivity index is 2.15. The fraction of sp³-hybridized carbons (Fsp3) is 0. The second kappa shape index (κ2) is 4.90. The highest BCUT2D eigenvalue weighted by Gasteiger charge is 2.06. The van der Waals surface area contributed by atoms with Crippen LogP contribution in [0.2, 0.25) is 0 Å². The molecule has 0 bridgehead atoms. The molecule has 0 saturated heterocycles. The summed E-state index contributed by atoms with van der Waals surface area (Å²) in [6.45, 7) is 0. The molecule has 0 unspecified atom stereocenters. The Morgan fingerprint density at radius 3 is 2.00 bits per heavy atom. The molecule has 3 aromatic rings. The number of hydrogen-bond acceptors (Lipinski definition) is 2. The van der Waals surface area contributed by atoms with Crippen molar-refractivity contribution in [2.75, 3.05) is 0 Å². The highest BCUT2D eigenvalue weighted by molar-refractivity contribution is 5.69. The normalized spacial score (nSPS) is 10.3. The van der Waals surface area contributed by atoms with Crippen molar-refractivity contribution in [2.24, 2.45) is 0 Å². The van der Waals surface area contributed by atoms with Crippen LogP contribution >= 0.6 is 0 Å². The summed E-state index contributed by atoms with van der Waals surface area (Å²) in [6, 6.07) is 21.2. The number of hydrogen-bond donors (Lipinski definition) is 1. The molecule has 3 heteroatoms. The summed E-state index contributed by atoms with van der Waals surface area (Å²) < 4.78 is 0. The Labute approximate surface area is 110 Å². The molecule has 19 heavy (non-hydrogen) atoms. The molecule has 0 spiro atoms. The zero-order valence-corrected chi connectivity index (χ0v) is 10.2. The number of benzene rings is 2. The fourth-order valence-electron chi connectivity index (χ4n) is 1.99. The molecule has 1 N–H and O–H groups in total. The molecule has 3 nitrogen and oxygen atoms in total. The lowest BCUT2D eigenvalue weighted by atomic mass is 10.1. The van der Waals surface area contributed by atoms with Crippen molar-refractivity contribution < 1.29 is 0 Å². The minimum atomic E-state index is -0.175. The summed E-state index contributed by atoms with van der Waals surface area (Å²) in [7, 11) is 0. The van der Waals surface area contributed by atoms with Gasteiger partial charge < -0.3 is 0 Å². The second-order valence-corrected chi connectivity index (χ2v) is 4.23. The van der Waals surface area contributed by atoms with Crippen LogP contribution in [0.15, 0.2) is 71.5 Å². The van der Waals surface area contributed by atoms with E-state index in [0.29, 0.717) is 5.56 Å². The van der Waals surface area contributed by atoms with Crippen molar-refractivity contribution >= 4 is 0 Å².